The number of methoxy groups -OCH3 is 1. The lowest BCUT2D eigenvalue weighted by atomic mass is 10.1. The first-order valence-corrected chi connectivity index (χ1v) is 6.49. The van der Waals surface area contributed by atoms with E-state index in [4.69, 9.17) is 22.1 Å². The van der Waals surface area contributed by atoms with E-state index in [1.165, 1.54) is 19.2 Å². The standard InChI is InChI=1S/C17H13ClFNO/c1-11(21-2)16-10-15(19)7-5-12(16)3-4-13-9-14(18)6-8-17(13)20/h5-10H,1,20H2,2H3. The molecule has 0 unspecified atom stereocenters. The number of ether oxygens (including phenoxy) is 1. The highest BCUT2D eigenvalue weighted by Crippen LogP contribution is 2.20. The van der Waals surface area contributed by atoms with Gasteiger partial charge in [0.2, 0.25) is 0 Å². The Bertz CT molecular complexity index is 759. The van der Waals surface area contributed by atoms with E-state index in [0.29, 0.717) is 33.2 Å². The summed E-state index contributed by atoms with van der Waals surface area (Å²) in [6, 6.07) is 9.29. The largest absolute Gasteiger partial charge is 0.497 e. The van der Waals surface area contributed by atoms with Crippen molar-refractivity contribution < 1.29 is 9.13 Å². The van der Waals surface area contributed by atoms with E-state index in [1.807, 2.05) is 0 Å². The predicted molar refractivity (Wildman–Crippen MR) is 84.3 cm³/mol. The molecule has 4 heteroatoms. The third-order valence-corrected chi connectivity index (χ3v) is 3.11. The maximum absolute atomic E-state index is 13.3. The quantitative estimate of drug-likeness (QED) is 0.515. The first-order valence-electron chi connectivity index (χ1n) is 6.11. The zero-order valence-electron chi connectivity index (χ0n) is 11.4. The first-order chi connectivity index (χ1) is 10.0. The molecule has 0 fully saturated rings. The lowest BCUT2D eigenvalue weighted by Crippen LogP contribution is -1.93. The van der Waals surface area contributed by atoms with E-state index in [9.17, 15) is 4.39 Å². The molecule has 2 N–H and O–H groups in total. The van der Waals surface area contributed by atoms with Gasteiger partial charge in [0, 0.05) is 27.4 Å². The van der Waals surface area contributed by atoms with Gasteiger partial charge in [0.25, 0.3) is 0 Å². The van der Waals surface area contributed by atoms with Crippen molar-refractivity contribution in [3.8, 4) is 11.8 Å². The van der Waals surface area contributed by atoms with E-state index in [2.05, 4.69) is 18.4 Å². The molecule has 0 aliphatic rings. The molecule has 106 valence electrons. The first kappa shape index (κ1) is 15.0. The molecular weight excluding hydrogens is 289 g/mol. The van der Waals surface area contributed by atoms with Gasteiger partial charge < -0.3 is 10.5 Å². The highest BCUT2D eigenvalue weighted by atomic mass is 35.5. The molecule has 2 rings (SSSR count). The van der Waals surface area contributed by atoms with Gasteiger partial charge >= 0.3 is 0 Å². The molecule has 0 saturated heterocycles. The van der Waals surface area contributed by atoms with Crippen LogP contribution in [0.5, 0.6) is 0 Å². The summed E-state index contributed by atoms with van der Waals surface area (Å²) in [5, 5.41) is 0.550. The minimum Gasteiger partial charge on any atom is -0.497 e. The molecule has 2 aromatic rings. The van der Waals surface area contributed by atoms with Crippen LogP contribution in [0, 0.1) is 17.7 Å². The monoisotopic (exact) mass is 301 g/mol. The van der Waals surface area contributed by atoms with Gasteiger partial charge in [-0.3, -0.25) is 0 Å². The molecule has 0 amide bonds. The SMILES string of the molecule is C=C(OC)c1cc(F)ccc1C#Cc1cc(Cl)ccc1N. The highest BCUT2D eigenvalue weighted by molar-refractivity contribution is 6.30. The molecule has 0 spiro atoms. The second-order valence-corrected chi connectivity index (χ2v) is 4.74. The van der Waals surface area contributed by atoms with E-state index >= 15 is 0 Å². The van der Waals surface area contributed by atoms with Gasteiger partial charge in [0.05, 0.1) is 7.11 Å². The van der Waals surface area contributed by atoms with E-state index < -0.39 is 0 Å². The average Bonchev–Trinajstić information content (AvgIpc) is 2.48. The summed E-state index contributed by atoms with van der Waals surface area (Å²) in [5.41, 5.74) is 8.08. The molecule has 2 aromatic carbocycles. The van der Waals surface area contributed by atoms with Crippen molar-refractivity contribution in [1.29, 1.82) is 0 Å². The maximum Gasteiger partial charge on any atom is 0.124 e. The molecule has 0 saturated carbocycles. The van der Waals surface area contributed by atoms with Crippen LogP contribution in [0.15, 0.2) is 43.0 Å². The molecule has 0 heterocycles. The van der Waals surface area contributed by atoms with Crippen LogP contribution in [0.1, 0.15) is 16.7 Å². The van der Waals surface area contributed by atoms with Crippen LogP contribution in [-0.4, -0.2) is 7.11 Å². The molecule has 0 aliphatic heterocycles. The van der Waals surface area contributed by atoms with Gasteiger partial charge in [0.15, 0.2) is 0 Å². The molecule has 21 heavy (non-hydrogen) atoms. The Morgan fingerprint density at radius 2 is 1.90 bits per heavy atom. The maximum atomic E-state index is 13.3. The summed E-state index contributed by atoms with van der Waals surface area (Å²) >= 11 is 5.92. The number of hydrogen-bond donors (Lipinski definition) is 1. The molecule has 0 bridgehead atoms. The Labute approximate surface area is 128 Å². The normalized spacial score (nSPS) is 9.67. The average molecular weight is 302 g/mol. The van der Waals surface area contributed by atoms with Crippen LogP contribution in [0.3, 0.4) is 0 Å². The van der Waals surface area contributed by atoms with Crippen LogP contribution in [0.25, 0.3) is 5.76 Å². The Hall–Kier alpha value is -2.44. The Balaban J connectivity index is 2.47. The van der Waals surface area contributed by atoms with Crippen molar-refractivity contribution in [3.63, 3.8) is 0 Å². The summed E-state index contributed by atoms with van der Waals surface area (Å²) in [7, 11) is 1.47. The van der Waals surface area contributed by atoms with Crippen molar-refractivity contribution in [3.05, 3.63) is 70.5 Å². The van der Waals surface area contributed by atoms with E-state index in [-0.39, 0.29) is 5.82 Å². The fourth-order valence-electron chi connectivity index (χ4n) is 1.74. The highest BCUT2D eigenvalue weighted by Gasteiger charge is 2.06. The Morgan fingerprint density at radius 1 is 1.19 bits per heavy atom. The lowest BCUT2D eigenvalue weighted by molar-refractivity contribution is 0.371. The molecule has 0 radical (unpaired) electrons. The van der Waals surface area contributed by atoms with Crippen molar-refractivity contribution >= 4 is 23.0 Å². The van der Waals surface area contributed by atoms with Crippen molar-refractivity contribution in [1.82, 2.24) is 0 Å². The summed E-state index contributed by atoms with van der Waals surface area (Å²) in [4.78, 5) is 0. The number of benzene rings is 2. The Morgan fingerprint density at radius 3 is 2.62 bits per heavy atom. The molecule has 0 aromatic heterocycles. The van der Waals surface area contributed by atoms with Crippen LogP contribution in [0.4, 0.5) is 10.1 Å². The number of rotatable bonds is 2. The number of halogens is 2. The second kappa shape index (κ2) is 6.34. The minimum absolute atomic E-state index is 0.345. The topological polar surface area (TPSA) is 35.2 Å². The van der Waals surface area contributed by atoms with Crippen LogP contribution in [0.2, 0.25) is 5.02 Å². The number of hydrogen-bond acceptors (Lipinski definition) is 2. The van der Waals surface area contributed by atoms with Gasteiger partial charge in [-0.15, -0.1) is 0 Å². The predicted octanol–water partition coefficient (Wildman–Crippen LogP) is 4.08. The zero-order valence-corrected chi connectivity index (χ0v) is 12.2. The van der Waals surface area contributed by atoms with Gasteiger partial charge in [-0.2, -0.15) is 0 Å². The molecule has 0 aliphatic carbocycles. The summed E-state index contributed by atoms with van der Waals surface area (Å²) in [6.45, 7) is 3.73. The Kier molecular flexibility index (Phi) is 4.52. The fourth-order valence-corrected chi connectivity index (χ4v) is 1.91. The van der Waals surface area contributed by atoms with Crippen LogP contribution >= 0.6 is 11.6 Å². The summed E-state index contributed by atoms with van der Waals surface area (Å²) in [5.74, 6) is 5.84. The minimum atomic E-state index is -0.379. The second-order valence-electron chi connectivity index (χ2n) is 4.30. The zero-order chi connectivity index (χ0) is 15.4. The summed E-state index contributed by atoms with van der Waals surface area (Å²) in [6.07, 6.45) is 0. The van der Waals surface area contributed by atoms with Crippen LogP contribution < -0.4 is 5.73 Å². The fraction of sp³-hybridized carbons (Fsp3) is 0.0588. The van der Waals surface area contributed by atoms with Gasteiger partial charge in [-0.25, -0.2) is 4.39 Å². The number of nitrogens with two attached hydrogens (primary N) is 1. The molecule has 0 atom stereocenters. The van der Waals surface area contributed by atoms with Crippen molar-refractivity contribution in [2.24, 2.45) is 0 Å². The van der Waals surface area contributed by atoms with Gasteiger partial charge in [0.1, 0.15) is 11.6 Å². The van der Waals surface area contributed by atoms with Crippen molar-refractivity contribution in [2.45, 2.75) is 0 Å². The van der Waals surface area contributed by atoms with Crippen molar-refractivity contribution in [2.75, 3.05) is 12.8 Å². The number of nitrogen functional groups attached to an aromatic ring is 1. The third kappa shape index (κ3) is 3.56. The molecular formula is C17H13ClFNO. The summed E-state index contributed by atoms with van der Waals surface area (Å²) < 4.78 is 18.4. The van der Waals surface area contributed by atoms with Gasteiger partial charge in [-0.05, 0) is 36.4 Å². The lowest BCUT2D eigenvalue weighted by Gasteiger charge is -2.07. The van der Waals surface area contributed by atoms with Crippen LogP contribution in [-0.2, 0) is 4.74 Å². The van der Waals surface area contributed by atoms with Gasteiger partial charge in [-0.1, -0.05) is 30.0 Å². The third-order valence-electron chi connectivity index (χ3n) is 2.88. The van der Waals surface area contributed by atoms with E-state index in [0.717, 1.165) is 0 Å². The number of anilines is 1. The molecule has 2 nitrogen and oxygen atoms in total. The van der Waals surface area contributed by atoms with E-state index in [1.54, 1.807) is 24.3 Å². The smallest absolute Gasteiger partial charge is 0.124 e.